The number of halogens is 3. The number of hydrogen-bond acceptors (Lipinski definition) is 1. The fourth-order valence-corrected chi connectivity index (χ4v) is 0.767. The lowest BCUT2D eigenvalue weighted by molar-refractivity contribution is 0.524. The molecule has 0 spiro atoms. The fraction of sp³-hybridized carbons (Fsp3) is 0.143. The minimum absolute atomic E-state index is 0.266. The molecule has 0 atom stereocenters. The summed E-state index contributed by atoms with van der Waals surface area (Å²) in [6.45, 7) is -0.266. The van der Waals surface area contributed by atoms with E-state index in [1.165, 1.54) is 0 Å². The lowest BCUT2D eigenvalue weighted by Gasteiger charge is -2.00. The van der Waals surface area contributed by atoms with Crippen molar-refractivity contribution in [3.63, 3.8) is 0 Å². The maximum atomic E-state index is 12.6. The van der Waals surface area contributed by atoms with Crippen LogP contribution < -0.4 is 5.73 Å². The predicted molar refractivity (Wildman–Crippen MR) is 34.2 cm³/mol. The van der Waals surface area contributed by atoms with E-state index >= 15 is 0 Å². The molecule has 0 amide bonds. The highest BCUT2D eigenvalue weighted by molar-refractivity contribution is 5.20. The molecular formula is C7H6F3N. The standard InChI is InChI=1S/C7H6F3N/c8-4-1-6(9)5(3-11)7(10)2-4/h1-2H,3,11H2. The first-order valence-corrected chi connectivity index (χ1v) is 2.98. The molecule has 0 saturated heterocycles. The molecule has 60 valence electrons. The Hall–Kier alpha value is -1.03. The first-order valence-electron chi connectivity index (χ1n) is 2.98. The summed E-state index contributed by atoms with van der Waals surface area (Å²) < 4.78 is 37.3. The normalized spacial score (nSPS) is 10.2. The van der Waals surface area contributed by atoms with E-state index in [9.17, 15) is 13.2 Å². The highest BCUT2D eigenvalue weighted by atomic mass is 19.1. The van der Waals surface area contributed by atoms with Crippen LogP contribution in [0.5, 0.6) is 0 Å². The van der Waals surface area contributed by atoms with E-state index in [1.54, 1.807) is 0 Å². The molecule has 0 heterocycles. The maximum Gasteiger partial charge on any atom is 0.133 e. The van der Waals surface area contributed by atoms with Gasteiger partial charge < -0.3 is 5.73 Å². The van der Waals surface area contributed by atoms with Crippen LogP contribution in [-0.2, 0) is 6.54 Å². The Kier molecular flexibility index (Phi) is 2.14. The van der Waals surface area contributed by atoms with Gasteiger partial charge >= 0.3 is 0 Å². The van der Waals surface area contributed by atoms with Gasteiger partial charge in [0, 0.05) is 24.2 Å². The number of benzene rings is 1. The van der Waals surface area contributed by atoms with Gasteiger partial charge in [-0.25, -0.2) is 13.2 Å². The average Bonchev–Trinajstić information content (AvgIpc) is 1.85. The molecule has 1 rings (SSSR count). The minimum atomic E-state index is -0.940. The van der Waals surface area contributed by atoms with Crippen molar-refractivity contribution in [3.05, 3.63) is 35.1 Å². The van der Waals surface area contributed by atoms with E-state index in [0.717, 1.165) is 0 Å². The molecule has 0 bridgehead atoms. The molecule has 0 aliphatic heterocycles. The molecule has 0 aliphatic rings. The van der Waals surface area contributed by atoms with E-state index in [2.05, 4.69) is 0 Å². The molecule has 1 aromatic carbocycles. The Labute approximate surface area is 61.6 Å². The lowest BCUT2D eigenvalue weighted by atomic mass is 10.2. The first kappa shape index (κ1) is 8.07. The van der Waals surface area contributed by atoms with Gasteiger partial charge in [0.25, 0.3) is 0 Å². The Bertz CT molecular complexity index is 249. The largest absolute Gasteiger partial charge is 0.326 e. The summed E-state index contributed by atoms with van der Waals surface area (Å²) in [6, 6.07) is 1.20. The van der Waals surface area contributed by atoms with Gasteiger partial charge in [0.15, 0.2) is 0 Å². The topological polar surface area (TPSA) is 26.0 Å². The number of hydrogen-bond donors (Lipinski definition) is 1. The zero-order valence-electron chi connectivity index (χ0n) is 5.57. The van der Waals surface area contributed by atoms with E-state index in [-0.39, 0.29) is 12.1 Å². The molecule has 0 aromatic heterocycles. The van der Waals surface area contributed by atoms with Crippen LogP contribution in [0.25, 0.3) is 0 Å². The first-order chi connectivity index (χ1) is 5.15. The Morgan fingerprint density at radius 3 is 1.91 bits per heavy atom. The van der Waals surface area contributed by atoms with Crippen molar-refractivity contribution >= 4 is 0 Å². The van der Waals surface area contributed by atoms with Gasteiger partial charge in [-0.3, -0.25) is 0 Å². The van der Waals surface area contributed by atoms with Crippen LogP contribution in [0.1, 0.15) is 5.56 Å². The molecule has 0 fully saturated rings. The van der Waals surface area contributed by atoms with E-state index < -0.39 is 17.5 Å². The molecule has 0 aliphatic carbocycles. The Morgan fingerprint density at radius 1 is 1.09 bits per heavy atom. The zero-order valence-corrected chi connectivity index (χ0v) is 5.57. The van der Waals surface area contributed by atoms with E-state index in [4.69, 9.17) is 5.73 Å². The predicted octanol–water partition coefficient (Wildman–Crippen LogP) is 1.56. The van der Waals surface area contributed by atoms with Gasteiger partial charge in [0.1, 0.15) is 17.5 Å². The second kappa shape index (κ2) is 2.92. The van der Waals surface area contributed by atoms with E-state index in [0.29, 0.717) is 12.1 Å². The van der Waals surface area contributed by atoms with Crippen molar-refractivity contribution < 1.29 is 13.2 Å². The summed E-state index contributed by atoms with van der Waals surface area (Å²) in [5, 5.41) is 0. The molecule has 11 heavy (non-hydrogen) atoms. The van der Waals surface area contributed by atoms with Crippen molar-refractivity contribution in [2.24, 2.45) is 5.73 Å². The van der Waals surface area contributed by atoms with Gasteiger partial charge in [-0.15, -0.1) is 0 Å². The number of rotatable bonds is 1. The van der Waals surface area contributed by atoms with Crippen LogP contribution in [0.2, 0.25) is 0 Å². The molecule has 0 saturated carbocycles. The summed E-state index contributed by atoms with van der Waals surface area (Å²) in [5.74, 6) is -2.81. The van der Waals surface area contributed by atoms with Crippen LogP contribution in [-0.4, -0.2) is 0 Å². The van der Waals surface area contributed by atoms with Crippen LogP contribution in [0.3, 0.4) is 0 Å². The Morgan fingerprint density at radius 2 is 1.55 bits per heavy atom. The third-order valence-corrected chi connectivity index (χ3v) is 1.31. The highest BCUT2D eigenvalue weighted by Gasteiger charge is 2.08. The molecule has 1 aromatic rings. The fourth-order valence-electron chi connectivity index (χ4n) is 0.767. The minimum Gasteiger partial charge on any atom is -0.326 e. The van der Waals surface area contributed by atoms with Crippen LogP contribution in [0.4, 0.5) is 13.2 Å². The third-order valence-electron chi connectivity index (χ3n) is 1.31. The lowest BCUT2D eigenvalue weighted by Crippen LogP contribution is -2.03. The summed E-state index contributed by atoms with van der Waals surface area (Å²) in [5.41, 5.74) is 4.71. The van der Waals surface area contributed by atoms with Gasteiger partial charge in [-0.1, -0.05) is 0 Å². The van der Waals surface area contributed by atoms with Gasteiger partial charge in [-0.05, 0) is 0 Å². The van der Waals surface area contributed by atoms with Gasteiger partial charge in [0.2, 0.25) is 0 Å². The van der Waals surface area contributed by atoms with Crippen molar-refractivity contribution in [2.45, 2.75) is 6.54 Å². The van der Waals surface area contributed by atoms with Crippen molar-refractivity contribution in [2.75, 3.05) is 0 Å². The van der Waals surface area contributed by atoms with Gasteiger partial charge in [0.05, 0.1) is 0 Å². The van der Waals surface area contributed by atoms with Crippen LogP contribution in [0.15, 0.2) is 12.1 Å². The SMILES string of the molecule is NCc1c(F)cc(F)cc1F. The van der Waals surface area contributed by atoms with E-state index in [1.807, 2.05) is 0 Å². The summed E-state index contributed by atoms with van der Waals surface area (Å²) >= 11 is 0. The second-order valence-corrected chi connectivity index (χ2v) is 2.05. The summed E-state index contributed by atoms with van der Waals surface area (Å²) in [7, 11) is 0. The summed E-state index contributed by atoms with van der Waals surface area (Å²) in [6.07, 6.45) is 0. The van der Waals surface area contributed by atoms with Crippen LogP contribution >= 0.6 is 0 Å². The smallest absolute Gasteiger partial charge is 0.133 e. The average molecular weight is 161 g/mol. The Balaban J connectivity index is 3.25. The highest BCUT2D eigenvalue weighted by Crippen LogP contribution is 2.13. The van der Waals surface area contributed by atoms with Crippen LogP contribution in [0, 0.1) is 17.5 Å². The molecule has 0 unspecified atom stereocenters. The van der Waals surface area contributed by atoms with Crippen molar-refractivity contribution in [1.82, 2.24) is 0 Å². The third kappa shape index (κ3) is 1.51. The second-order valence-electron chi connectivity index (χ2n) is 2.05. The molecule has 2 N–H and O–H groups in total. The number of nitrogens with two attached hydrogens (primary N) is 1. The molecule has 1 nitrogen and oxygen atoms in total. The maximum absolute atomic E-state index is 12.6. The molecular weight excluding hydrogens is 155 g/mol. The summed E-state index contributed by atoms with van der Waals surface area (Å²) in [4.78, 5) is 0. The molecule has 4 heteroatoms. The monoisotopic (exact) mass is 161 g/mol. The molecule has 0 radical (unpaired) electrons. The van der Waals surface area contributed by atoms with Gasteiger partial charge in [-0.2, -0.15) is 0 Å². The zero-order chi connectivity index (χ0) is 8.43. The van der Waals surface area contributed by atoms with Crippen molar-refractivity contribution in [1.29, 1.82) is 0 Å². The van der Waals surface area contributed by atoms with Crippen molar-refractivity contribution in [3.8, 4) is 0 Å². The quantitative estimate of drug-likeness (QED) is 0.664.